The number of aliphatic imine (C=N–C) groups is 1. The number of aromatic nitrogens is 6. The van der Waals surface area contributed by atoms with Crippen molar-refractivity contribution in [1.82, 2.24) is 29.5 Å². The molecule has 1 aliphatic rings. The van der Waals surface area contributed by atoms with E-state index in [1.807, 2.05) is 31.2 Å². The molecule has 0 radical (unpaired) electrons. The highest BCUT2D eigenvalue weighted by Gasteiger charge is 2.17. The van der Waals surface area contributed by atoms with Crippen LogP contribution in [0.5, 0.6) is 11.6 Å². The topological polar surface area (TPSA) is 112 Å². The van der Waals surface area contributed by atoms with Gasteiger partial charge in [-0.05, 0) is 54.8 Å². The number of nitrogens with zero attached hydrogens (tertiary/aromatic N) is 7. The minimum Gasteiger partial charge on any atom is -0.478 e. The van der Waals surface area contributed by atoms with Crippen molar-refractivity contribution in [1.29, 1.82) is 0 Å². The van der Waals surface area contributed by atoms with Crippen molar-refractivity contribution in [3.8, 4) is 11.6 Å². The van der Waals surface area contributed by atoms with E-state index in [1.165, 1.54) is 0 Å². The summed E-state index contributed by atoms with van der Waals surface area (Å²) < 4.78 is 13.5. The Morgan fingerprint density at radius 3 is 2.89 bits per heavy atom. The molecule has 10 nitrogen and oxygen atoms in total. The first kappa shape index (κ1) is 21.9. The van der Waals surface area contributed by atoms with Crippen LogP contribution in [0.3, 0.4) is 0 Å². The Labute approximate surface area is 207 Å². The second kappa shape index (κ2) is 9.21. The van der Waals surface area contributed by atoms with E-state index < -0.39 is 0 Å². The summed E-state index contributed by atoms with van der Waals surface area (Å²) in [5.41, 5.74) is 4.48. The molecule has 0 spiro atoms. The summed E-state index contributed by atoms with van der Waals surface area (Å²) in [4.78, 5) is 17.9. The van der Waals surface area contributed by atoms with Crippen LogP contribution in [-0.2, 0) is 11.2 Å². The van der Waals surface area contributed by atoms with Gasteiger partial charge in [0.1, 0.15) is 37.2 Å². The Hall–Kier alpha value is -4.60. The zero-order chi connectivity index (χ0) is 24.5. The minimum atomic E-state index is 0.262. The summed E-state index contributed by atoms with van der Waals surface area (Å²) in [7, 11) is 0. The van der Waals surface area contributed by atoms with E-state index in [9.17, 15) is 0 Å². The Kier molecular flexibility index (Phi) is 5.61. The molecular weight excluding hydrogens is 456 g/mol. The SMILES string of the molecule is CCC1COC(Cc2ccc3ncnc(Nc4ccc(Oc5cc6nncn6cn5)c(C)c4)c3c2)=N1. The normalized spacial score (nSPS) is 15.2. The molecule has 180 valence electrons. The van der Waals surface area contributed by atoms with Crippen LogP contribution in [0.1, 0.15) is 24.5 Å². The zero-order valence-electron chi connectivity index (χ0n) is 19.9. The second-order valence-corrected chi connectivity index (χ2v) is 8.68. The summed E-state index contributed by atoms with van der Waals surface area (Å²) >= 11 is 0. The molecule has 0 amide bonds. The van der Waals surface area contributed by atoms with Crippen molar-refractivity contribution in [2.24, 2.45) is 4.99 Å². The second-order valence-electron chi connectivity index (χ2n) is 8.68. The highest BCUT2D eigenvalue weighted by molar-refractivity contribution is 5.92. The van der Waals surface area contributed by atoms with Crippen LogP contribution in [0.2, 0.25) is 0 Å². The van der Waals surface area contributed by atoms with Gasteiger partial charge in [-0.3, -0.25) is 4.40 Å². The number of nitrogens with one attached hydrogen (secondary N) is 1. The maximum atomic E-state index is 5.99. The quantitative estimate of drug-likeness (QED) is 0.358. The molecule has 1 atom stereocenters. The van der Waals surface area contributed by atoms with Gasteiger partial charge < -0.3 is 14.8 Å². The highest BCUT2D eigenvalue weighted by Crippen LogP contribution is 2.30. The molecule has 6 rings (SSSR count). The van der Waals surface area contributed by atoms with Crippen LogP contribution < -0.4 is 10.1 Å². The van der Waals surface area contributed by atoms with Gasteiger partial charge in [-0.2, -0.15) is 0 Å². The molecule has 10 heteroatoms. The van der Waals surface area contributed by atoms with Crippen molar-refractivity contribution < 1.29 is 9.47 Å². The van der Waals surface area contributed by atoms with Crippen LogP contribution in [0, 0.1) is 6.92 Å². The van der Waals surface area contributed by atoms with E-state index in [2.05, 4.69) is 54.5 Å². The first-order valence-corrected chi connectivity index (χ1v) is 11.8. The third-order valence-corrected chi connectivity index (χ3v) is 6.11. The molecule has 36 heavy (non-hydrogen) atoms. The lowest BCUT2D eigenvalue weighted by atomic mass is 10.1. The first-order valence-electron chi connectivity index (χ1n) is 11.8. The number of rotatable bonds is 7. The molecule has 5 aromatic rings. The van der Waals surface area contributed by atoms with Crippen LogP contribution in [-0.4, -0.2) is 48.1 Å². The van der Waals surface area contributed by atoms with Gasteiger partial charge in [0.15, 0.2) is 11.5 Å². The highest BCUT2D eigenvalue weighted by atomic mass is 16.5. The van der Waals surface area contributed by atoms with Crippen molar-refractivity contribution in [2.75, 3.05) is 11.9 Å². The number of ether oxygens (including phenoxy) is 2. The number of hydrogen-bond acceptors (Lipinski definition) is 9. The molecule has 2 aromatic carbocycles. The Bertz CT molecular complexity index is 1600. The molecule has 0 aliphatic carbocycles. The Morgan fingerprint density at radius 1 is 1.08 bits per heavy atom. The number of fused-ring (bicyclic) bond motifs is 2. The average molecular weight is 481 g/mol. The van der Waals surface area contributed by atoms with E-state index in [4.69, 9.17) is 9.47 Å². The van der Waals surface area contributed by atoms with Gasteiger partial charge in [0.25, 0.3) is 0 Å². The number of aryl methyl sites for hydroxylation is 1. The lowest BCUT2D eigenvalue weighted by molar-refractivity contribution is 0.309. The van der Waals surface area contributed by atoms with Crippen LogP contribution in [0.25, 0.3) is 16.6 Å². The fourth-order valence-electron chi connectivity index (χ4n) is 4.12. The summed E-state index contributed by atoms with van der Waals surface area (Å²) in [6.07, 6.45) is 6.42. The van der Waals surface area contributed by atoms with Gasteiger partial charge in [-0.25, -0.2) is 19.9 Å². The number of benzene rings is 2. The summed E-state index contributed by atoms with van der Waals surface area (Å²) in [5, 5.41) is 12.3. The minimum absolute atomic E-state index is 0.262. The maximum absolute atomic E-state index is 5.99. The summed E-state index contributed by atoms with van der Waals surface area (Å²) in [6.45, 7) is 4.78. The maximum Gasteiger partial charge on any atom is 0.224 e. The van der Waals surface area contributed by atoms with Gasteiger partial charge in [0, 0.05) is 23.6 Å². The average Bonchev–Trinajstić information content (AvgIpc) is 3.55. The Morgan fingerprint density at radius 2 is 2.03 bits per heavy atom. The molecule has 0 saturated heterocycles. The molecule has 0 saturated carbocycles. The fraction of sp³-hybridized carbons (Fsp3) is 0.231. The molecule has 0 fully saturated rings. The van der Waals surface area contributed by atoms with Gasteiger partial charge in [0.2, 0.25) is 5.88 Å². The van der Waals surface area contributed by atoms with Crippen molar-refractivity contribution in [2.45, 2.75) is 32.7 Å². The lowest BCUT2D eigenvalue weighted by Gasteiger charge is -2.12. The summed E-state index contributed by atoms with van der Waals surface area (Å²) in [6, 6.07) is 14.0. The zero-order valence-corrected chi connectivity index (χ0v) is 19.9. The van der Waals surface area contributed by atoms with E-state index in [-0.39, 0.29) is 6.04 Å². The molecule has 0 bridgehead atoms. The first-order chi connectivity index (χ1) is 17.6. The van der Waals surface area contributed by atoms with Crippen LogP contribution in [0.4, 0.5) is 11.5 Å². The summed E-state index contributed by atoms with van der Waals surface area (Å²) in [5.74, 6) is 2.68. The predicted octanol–water partition coefficient (Wildman–Crippen LogP) is 4.66. The molecule has 1 unspecified atom stereocenters. The van der Waals surface area contributed by atoms with E-state index >= 15 is 0 Å². The molecule has 3 aromatic heterocycles. The molecule has 1 N–H and O–H groups in total. The predicted molar refractivity (Wildman–Crippen MR) is 136 cm³/mol. The lowest BCUT2D eigenvalue weighted by Crippen LogP contribution is -2.05. The third kappa shape index (κ3) is 4.40. The molecule has 4 heterocycles. The van der Waals surface area contributed by atoms with Crippen molar-refractivity contribution in [3.63, 3.8) is 0 Å². The Balaban J connectivity index is 1.23. The molecule has 1 aliphatic heterocycles. The van der Waals surface area contributed by atoms with Gasteiger partial charge in [0.05, 0.1) is 11.6 Å². The monoisotopic (exact) mass is 480 g/mol. The van der Waals surface area contributed by atoms with Crippen LogP contribution in [0.15, 0.2) is 66.4 Å². The standard InChI is InChI=1S/C26H24N8O2/c1-3-18-12-35-25(31-18)10-17-4-6-21-20(9-17)26(28-13-27-21)32-19-5-7-22(16(2)8-19)36-24-11-23-33-30-15-34(23)14-29-24/h4-9,11,13-15,18H,3,10,12H2,1-2H3,(H,27,28,32). The third-order valence-electron chi connectivity index (χ3n) is 6.11. The van der Waals surface area contributed by atoms with E-state index in [0.717, 1.165) is 45.9 Å². The number of hydrogen-bond donors (Lipinski definition) is 1. The van der Waals surface area contributed by atoms with Gasteiger partial charge >= 0.3 is 0 Å². The number of anilines is 2. The van der Waals surface area contributed by atoms with Crippen molar-refractivity contribution >= 4 is 34.0 Å². The smallest absolute Gasteiger partial charge is 0.224 e. The van der Waals surface area contributed by atoms with Crippen molar-refractivity contribution in [3.05, 3.63) is 72.6 Å². The van der Waals surface area contributed by atoms with Gasteiger partial charge in [-0.15, -0.1) is 10.2 Å². The fourth-order valence-corrected chi connectivity index (χ4v) is 4.12. The molecular formula is C26H24N8O2. The van der Waals surface area contributed by atoms with Gasteiger partial charge in [-0.1, -0.05) is 13.0 Å². The van der Waals surface area contributed by atoms with Crippen LogP contribution >= 0.6 is 0 Å². The van der Waals surface area contributed by atoms with E-state index in [0.29, 0.717) is 30.3 Å². The van der Waals surface area contributed by atoms with E-state index in [1.54, 1.807) is 29.4 Å². The largest absolute Gasteiger partial charge is 0.478 e.